The number of halogens is 5. The molecule has 0 saturated heterocycles. The van der Waals surface area contributed by atoms with Gasteiger partial charge < -0.3 is 17.2 Å². The van der Waals surface area contributed by atoms with Gasteiger partial charge in [0, 0.05) is 22.0 Å². The molecule has 0 unspecified atom stereocenters. The number of rotatable bonds is 12. The molecule has 0 aliphatic heterocycles. The molecule has 2 atom stereocenters. The number of primary amides is 1. The predicted octanol–water partition coefficient (Wildman–Crippen LogP) is 3.14. The lowest BCUT2D eigenvalue weighted by Crippen LogP contribution is -2.44. The van der Waals surface area contributed by atoms with Crippen LogP contribution in [0.2, 0.25) is 0 Å². The van der Waals surface area contributed by atoms with Gasteiger partial charge in [0.25, 0.3) is 5.91 Å². The first-order chi connectivity index (χ1) is 24.4. The summed E-state index contributed by atoms with van der Waals surface area (Å²) in [6.07, 6.45) is 1.77. The molecule has 2 aromatic heterocycles. The van der Waals surface area contributed by atoms with E-state index in [0.717, 1.165) is 30.6 Å². The average molecular weight is 849 g/mol. The highest BCUT2D eigenvalue weighted by Gasteiger charge is 2.32. The molecule has 2 heterocycles. The zero-order valence-corrected chi connectivity index (χ0v) is 32.1. The number of pyridine rings is 2. The Morgan fingerprint density at radius 3 is 1.57 bits per heavy atom. The molecule has 0 aliphatic carbocycles. The quantitative estimate of drug-likeness (QED) is 0.103. The van der Waals surface area contributed by atoms with Crippen LogP contribution in [0.15, 0.2) is 77.5 Å². The molecule has 0 radical (unpaired) electrons. The molecule has 0 saturated carbocycles. The molecule has 0 spiro atoms. The van der Waals surface area contributed by atoms with E-state index in [2.05, 4.69) is 35.3 Å². The van der Waals surface area contributed by atoms with E-state index in [0.29, 0.717) is 10.0 Å². The predicted molar refractivity (Wildman–Crippen MR) is 194 cm³/mol. The van der Waals surface area contributed by atoms with E-state index in [1.54, 1.807) is 0 Å². The van der Waals surface area contributed by atoms with Crippen molar-refractivity contribution >= 4 is 47.7 Å². The van der Waals surface area contributed by atoms with Gasteiger partial charge in [-0.05, 0) is 82.0 Å². The van der Waals surface area contributed by atoms with E-state index in [-0.39, 0.29) is 40.5 Å². The fourth-order valence-electron chi connectivity index (χ4n) is 4.48. The number of nitrogens with one attached hydrogen (secondary N) is 2. The second-order valence-corrected chi connectivity index (χ2v) is 16.7. The van der Waals surface area contributed by atoms with Crippen molar-refractivity contribution < 1.29 is 44.0 Å². The molecular formula is C33H38BrF4N7O6S2. The first-order valence-corrected chi connectivity index (χ1v) is 19.2. The molecular weight excluding hydrogens is 810 g/mol. The Morgan fingerprint density at radius 1 is 0.717 bits per heavy atom. The summed E-state index contributed by atoms with van der Waals surface area (Å²) in [5.74, 6) is -4.18. The molecule has 13 nitrogen and oxygen atoms in total. The van der Waals surface area contributed by atoms with Gasteiger partial charge in [-0.1, -0.05) is 28.1 Å². The van der Waals surface area contributed by atoms with E-state index in [4.69, 9.17) is 17.2 Å². The maximum Gasteiger partial charge on any atom is 0.267 e. The van der Waals surface area contributed by atoms with Gasteiger partial charge in [-0.3, -0.25) is 14.6 Å². The third-order valence-corrected chi connectivity index (χ3v) is 10.8. The number of benzene rings is 2. The Balaban J connectivity index is 0.000000307. The van der Waals surface area contributed by atoms with E-state index >= 15 is 0 Å². The minimum Gasteiger partial charge on any atom is -0.364 e. The number of amides is 1. The minimum atomic E-state index is -3.68. The van der Waals surface area contributed by atoms with Crippen LogP contribution in [-0.4, -0.2) is 64.1 Å². The second-order valence-electron chi connectivity index (χ2n) is 11.9. The Labute approximate surface area is 313 Å². The van der Waals surface area contributed by atoms with Crippen molar-refractivity contribution in [3.8, 4) is 0 Å². The van der Waals surface area contributed by atoms with Gasteiger partial charge >= 0.3 is 0 Å². The molecule has 2 aromatic carbocycles. The summed E-state index contributed by atoms with van der Waals surface area (Å²) in [6.45, 7) is 2.88. The standard InChI is InChI=1S/C17H19F2N3O3S.C10H14BrFN2O2S.C6H5FN2O/c1-17(20,10-26(24,25)21-2)13-7-11(3-5-14(13)19)8-16(23)15-6-4-12(18)9-22-15;1-10(13,6-17(15,16)14-2)8-5-7(11)3-4-9(8)12;7-4-1-2-5(6(8)10)9-3-4/h3-7,9,21H,8,10,20H2,1-2H3;3-5,14H,6,13H2,1-2H3;1-3H,(H2,8,10)/t17-;10-;/m00./s1. The number of aromatic nitrogens is 2. The summed E-state index contributed by atoms with van der Waals surface area (Å²) >= 11 is 3.20. The van der Waals surface area contributed by atoms with Gasteiger partial charge in [0.15, 0.2) is 5.78 Å². The number of sulfonamides is 2. The maximum atomic E-state index is 14.2. The topological polar surface area (TPSA) is 230 Å². The van der Waals surface area contributed by atoms with Gasteiger partial charge in [0.1, 0.15) is 34.7 Å². The summed E-state index contributed by atoms with van der Waals surface area (Å²) in [7, 11) is -4.65. The fraction of sp³-hybridized carbons (Fsp3) is 0.273. The van der Waals surface area contributed by atoms with Gasteiger partial charge in [-0.15, -0.1) is 0 Å². The number of nitrogens with zero attached hydrogens (tertiary/aromatic N) is 2. The van der Waals surface area contributed by atoms with Crippen molar-refractivity contribution in [1.29, 1.82) is 0 Å². The van der Waals surface area contributed by atoms with Crippen LogP contribution in [0.4, 0.5) is 17.6 Å². The lowest BCUT2D eigenvalue weighted by atomic mass is 9.92. The van der Waals surface area contributed by atoms with Crippen molar-refractivity contribution in [3.05, 3.63) is 129 Å². The van der Waals surface area contributed by atoms with Gasteiger partial charge in [0.05, 0.1) is 35.0 Å². The first-order valence-electron chi connectivity index (χ1n) is 15.1. The number of carbonyl (C=O) groups excluding carboxylic acids is 2. The first kappa shape index (κ1) is 45.0. The van der Waals surface area contributed by atoms with Gasteiger partial charge in [0.2, 0.25) is 20.0 Å². The molecule has 0 bridgehead atoms. The highest BCUT2D eigenvalue weighted by atomic mass is 79.9. The summed E-state index contributed by atoms with van der Waals surface area (Å²) in [6, 6.07) is 12.9. The third kappa shape index (κ3) is 14.3. The molecule has 20 heteroatoms. The normalized spacial score (nSPS) is 13.6. The molecule has 288 valence electrons. The van der Waals surface area contributed by atoms with Crippen molar-refractivity contribution in [1.82, 2.24) is 19.4 Å². The van der Waals surface area contributed by atoms with Crippen molar-refractivity contribution in [2.24, 2.45) is 17.2 Å². The second kappa shape index (κ2) is 18.7. The smallest absolute Gasteiger partial charge is 0.267 e. The molecule has 4 aromatic rings. The number of Topliss-reactive ketones (excluding diaryl/α,β-unsaturated/α-hetero) is 1. The van der Waals surface area contributed by atoms with Crippen molar-refractivity contribution in [2.75, 3.05) is 25.6 Å². The average Bonchev–Trinajstić information content (AvgIpc) is 3.07. The third-order valence-electron chi connectivity index (χ3n) is 7.15. The number of carbonyl (C=O) groups is 2. The van der Waals surface area contributed by atoms with Crippen LogP contribution in [0.5, 0.6) is 0 Å². The Kier molecular flexibility index (Phi) is 15.9. The number of ketones is 1. The lowest BCUT2D eigenvalue weighted by molar-refractivity contribution is 0.0982. The lowest BCUT2D eigenvalue weighted by Gasteiger charge is -2.25. The van der Waals surface area contributed by atoms with Gasteiger partial charge in [-0.2, -0.15) is 0 Å². The van der Waals surface area contributed by atoms with Crippen molar-refractivity contribution in [2.45, 2.75) is 31.3 Å². The number of nitrogens with two attached hydrogens (primary N) is 3. The Bertz CT molecular complexity index is 2120. The molecule has 53 heavy (non-hydrogen) atoms. The molecule has 0 fully saturated rings. The monoisotopic (exact) mass is 847 g/mol. The summed E-state index contributed by atoms with van der Waals surface area (Å²) < 4.78 is 104. The van der Waals surface area contributed by atoms with Crippen LogP contribution >= 0.6 is 15.9 Å². The molecule has 0 aliphatic rings. The molecule has 4 rings (SSSR count). The van der Waals surface area contributed by atoms with Crippen molar-refractivity contribution in [3.63, 3.8) is 0 Å². The minimum absolute atomic E-state index is 0.0197. The largest absolute Gasteiger partial charge is 0.364 e. The highest BCUT2D eigenvalue weighted by molar-refractivity contribution is 9.10. The summed E-state index contributed by atoms with van der Waals surface area (Å²) in [5, 5.41) is 0. The zero-order valence-electron chi connectivity index (χ0n) is 28.8. The van der Waals surface area contributed by atoms with E-state index in [1.807, 2.05) is 0 Å². The Morgan fingerprint density at radius 2 is 1.15 bits per heavy atom. The van der Waals surface area contributed by atoms with E-state index in [9.17, 15) is 44.0 Å². The van der Waals surface area contributed by atoms with Crippen LogP contribution in [0, 0.1) is 23.3 Å². The van der Waals surface area contributed by atoms with Crippen LogP contribution in [0.3, 0.4) is 0 Å². The van der Waals surface area contributed by atoms with Gasteiger partial charge in [-0.25, -0.2) is 48.8 Å². The van der Waals surface area contributed by atoms with Crippen LogP contribution in [0.1, 0.15) is 51.5 Å². The zero-order chi connectivity index (χ0) is 40.4. The summed E-state index contributed by atoms with van der Waals surface area (Å²) in [4.78, 5) is 29.7. The van der Waals surface area contributed by atoms with E-state index in [1.165, 1.54) is 70.4 Å². The van der Waals surface area contributed by atoms with Crippen LogP contribution in [0.25, 0.3) is 0 Å². The SMILES string of the molecule is CNS(=O)(=O)C[C@](C)(N)c1cc(Br)ccc1F.CNS(=O)(=O)C[C@](C)(N)c1cc(CC(=O)c2ccc(F)cn2)ccc1F.NC(=O)c1ccc(F)cn1. The van der Waals surface area contributed by atoms with Crippen LogP contribution < -0.4 is 26.6 Å². The molecule has 8 N–H and O–H groups in total. The number of hydrogen-bond acceptors (Lipinski definition) is 10. The van der Waals surface area contributed by atoms with Crippen LogP contribution in [-0.2, 0) is 37.5 Å². The summed E-state index contributed by atoms with van der Waals surface area (Å²) in [5.41, 5.74) is 14.7. The Hall–Kier alpha value is -4.18. The fourth-order valence-corrected chi connectivity index (χ4v) is 7.02. The number of hydrogen-bond donors (Lipinski definition) is 5. The highest BCUT2D eigenvalue weighted by Crippen LogP contribution is 2.26. The maximum absolute atomic E-state index is 14.2. The molecule has 1 amide bonds. The van der Waals surface area contributed by atoms with E-state index < -0.39 is 66.1 Å².